The fourth-order valence-electron chi connectivity index (χ4n) is 2.66. The molecule has 1 heterocycles. The Balaban J connectivity index is 1.82. The molecular weight excluding hydrogens is 560 g/mol. The summed E-state index contributed by atoms with van der Waals surface area (Å²) in [5.74, 6) is -1.28. The number of halogens is 2. The first kappa shape index (κ1) is 24.8. The van der Waals surface area contributed by atoms with Gasteiger partial charge in [0.2, 0.25) is 5.91 Å². The van der Waals surface area contributed by atoms with E-state index in [-0.39, 0.29) is 30.5 Å². The number of nitrogens with one attached hydrogen (secondary N) is 1. The zero-order valence-electron chi connectivity index (χ0n) is 15.8. The number of thioether (sulfide) groups is 1. The number of amides is 2. The highest BCUT2D eigenvalue weighted by molar-refractivity contribution is 9.11. The van der Waals surface area contributed by atoms with Gasteiger partial charge in [0.1, 0.15) is 10.1 Å². The smallest absolute Gasteiger partial charge is 0.305 e. The van der Waals surface area contributed by atoms with Crippen LogP contribution in [0.1, 0.15) is 37.7 Å². The number of benzene rings is 1. The highest BCUT2D eigenvalue weighted by Crippen LogP contribution is 2.37. The molecule has 1 aromatic rings. The molecule has 30 heavy (non-hydrogen) atoms. The molecule has 1 aliphatic heterocycles. The Bertz CT molecular complexity index is 892. The van der Waals surface area contributed by atoms with Crippen LogP contribution >= 0.6 is 55.8 Å². The Morgan fingerprint density at radius 3 is 2.63 bits per heavy atom. The van der Waals surface area contributed by atoms with E-state index in [0.717, 1.165) is 10.9 Å². The number of phenols is 1. The van der Waals surface area contributed by atoms with Crippen LogP contribution in [0, 0.1) is 0 Å². The van der Waals surface area contributed by atoms with Crippen molar-refractivity contribution in [2.45, 2.75) is 32.1 Å². The number of carboxylic acids is 1. The number of carbonyl (C=O) groups is 3. The number of carbonyl (C=O) groups excluding carboxylic acids is 2. The highest BCUT2D eigenvalue weighted by atomic mass is 79.9. The van der Waals surface area contributed by atoms with Gasteiger partial charge in [-0.25, -0.2) is 0 Å². The van der Waals surface area contributed by atoms with Crippen molar-refractivity contribution in [3.8, 4) is 5.75 Å². The van der Waals surface area contributed by atoms with E-state index < -0.39 is 5.97 Å². The van der Waals surface area contributed by atoms with Crippen molar-refractivity contribution in [3.05, 3.63) is 31.5 Å². The van der Waals surface area contributed by atoms with Crippen LogP contribution in [-0.4, -0.2) is 50.3 Å². The number of rotatable bonds is 10. The van der Waals surface area contributed by atoms with Crippen LogP contribution in [0.4, 0.5) is 0 Å². The van der Waals surface area contributed by atoms with E-state index in [1.165, 1.54) is 16.7 Å². The number of unbranched alkanes of at least 4 members (excludes halogenated alkanes) is 2. The number of aliphatic carboxylic acids is 1. The normalized spacial score (nSPS) is 15.1. The first-order valence-electron chi connectivity index (χ1n) is 9.11. The SMILES string of the molecule is O=C(O)CCNC(=O)CCCCCN1C(=O)/C(=C/c2cc(Br)cc(Br)c2O)SC1=S. The number of thiocarbonyl (C=S) groups is 1. The van der Waals surface area contributed by atoms with Crippen LogP contribution in [0.3, 0.4) is 0 Å². The van der Waals surface area contributed by atoms with E-state index >= 15 is 0 Å². The standard InChI is InChI=1S/C19H20Br2N2O5S2/c20-12-8-11(17(27)13(21)10-12)9-14-18(28)23(19(29)30-14)7-3-1-2-4-15(24)22-6-5-16(25)26/h8-10,27H,1-7H2,(H,22,24)(H,25,26)/b14-9-. The molecule has 2 rings (SSSR count). The van der Waals surface area contributed by atoms with Crippen molar-refractivity contribution < 1.29 is 24.6 Å². The van der Waals surface area contributed by atoms with Gasteiger partial charge in [0.05, 0.1) is 15.8 Å². The topological polar surface area (TPSA) is 107 Å². The maximum Gasteiger partial charge on any atom is 0.305 e. The summed E-state index contributed by atoms with van der Waals surface area (Å²) in [7, 11) is 0. The Morgan fingerprint density at radius 2 is 1.93 bits per heavy atom. The molecule has 0 saturated carbocycles. The lowest BCUT2D eigenvalue weighted by Gasteiger charge is -2.14. The monoisotopic (exact) mass is 578 g/mol. The summed E-state index contributed by atoms with van der Waals surface area (Å²) in [6, 6.07) is 3.43. The number of hydrogen-bond donors (Lipinski definition) is 3. The molecule has 0 spiro atoms. The average molecular weight is 580 g/mol. The lowest BCUT2D eigenvalue weighted by Crippen LogP contribution is -2.29. The van der Waals surface area contributed by atoms with Gasteiger partial charge in [0.15, 0.2) is 0 Å². The Kier molecular flexibility index (Phi) is 9.79. The summed E-state index contributed by atoms with van der Waals surface area (Å²) in [5.41, 5.74) is 0.505. The second kappa shape index (κ2) is 11.8. The predicted molar refractivity (Wildman–Crippen MR) is 127 cm³/mol. The molecule has 1 aliphatic rings. The molecule has 0 aliphatic carbocycles. The second-order valence-electron chi connectivity index (χ2n) is 6.46. The minimum Gasteiger partial charge on any atom is -0.506 e. The average Bonchev–Trinajstić information content (AvgIpc) is 2.92. The fourth-order valence-corrected chi connectivity index (χ4v) is 5.22. The van der Waals surface area contributed by atoms with Gasteiger partial charge in [-0.3, -0.25) is 19.3 Å². The molecule has 1 aromatic carbocycles. The van der Waals surface area contributed by atoms with Gasteiger partial charge in [-0.15, -0.1) is 0 Å². The van der Waals surface area contributed by atoms with Gasteiger partial charge in [-0.05, 0) is 47.0 Å². The Morgan fingerprint density at radius 1 is 1.20 bits per heavy atom. The Hall–Kier alpha value is -1.43. The van der Waals surface area contributed by atoms with E-state index in [2.05, 4.69) is 37.2 Å². The molecule has 0 atom stereocenters. The number of nitrogens with zero attached hydrogens (tertiary/aromatic N) is 1. The van der Waals surface area contributed by atoms with Gasteiger partial charge in [0, 0.05) is 29.5 Å². The van der Waals surface area contributed by atoms with Gasteiger partial charge >= 0.3 is 5.97 Å². The molecular formula is C19H20Br2N2O5S2. The third-order valence-corrected chi connectivity index (χ3v) is 6.60. The number of aromatic hydroxyl groups is 1. The van der Waals surface area contributed by atoms with Crippen molar-refractivity contribution >= 4 is 84.0 Å². The summed E-state index contributed by atoms with van der Waals surface area (Å²) in [5, 5.41) is 21.3. The maximum atomic E-state index is 12.7. The molecule has 0 bridgehead atoms. The second-order valence-corrected chi connectivity index (χ2v) is 9.91. The van der Waals surface area contributed by atoms with Crippen LogP contribution in [0.15, 0.2) is 26.0 Å². The first-order valence-corrected chi connectivity index (χ1v) is 11.9. The van der Waals surface area contributed by atoms with Crippen molar-refractivity contribution in [1.29, 1.82) is 0 Å². The molecule has 2 amide bonds. The van der Waals surface area contributed by atoms with E-state index in [0.29, 0.717) is 45.1 Å². The van der Waals surface area contributed by atoms with Crippen LogP contribution in [-0.2, 0) is 14.4 Å². The number of phenolic OH excluding ortho intramolecular Hbond substituents is 1. The molecule has 0 radical (unpaired) electrons. The molecule has 162 valence electrons. The molecule has 11 heteroatoms. The van der Waals surface area contributed by atoms with Crippen LogP contribution < -0.4 is 5.32 Å². The summed E-state index contributed by atoms with van der Waals surface area (Å²) in [4.78, 5) is 36.7. The van der Waals surface area contributed by atoms with Crippen molar-refractivity contribution in [3.63, 3.8) is 0 Å². The van der Waals surface area contributed by atoms with E-state index in [1.807, 2.05) is 0 Å². The number of carboxylic acid groups (broad SMARTS) is 1. The molecule has 7 nitrogen and oxygen atoms in total. The lowest BCUT2D eigenvalue weighted by atomic mass is 10.1. The summed E-state index contributed by atoms with van der Waals surface area (Å²) < 4.78 is 1.75. The van der Waals surface area contributed by atoms with Crippen molar-refractivity contribution in [2.24, 2.45) is 0 Å². The van der Waals surface area contributed by atoms with Crippen LogP contribution in [0.25, 0.3) is 6.08 Å². The summed E-state index contributed by atoms with van der Waals surface area (Å²) in [6.07, 6.45) is 3.91. The zero-order valence-corrected chi connectivity index (χ0v) is 20.6. The van der Waals surface area contributed by atoms with E-state index in [1.54, 1.807) is 18.2 Å². The highest BCUT2D eigenvalue weighted by Gasteiger charge is 2.31. The largest absolute Gasteiger partial charge is 0.506 e. The van der Waals surface area contributed by atoms with Gasteiger partial charge < -0.3 is 15.5 Å². The fraction of sp³-hybridized carbons (Fsp3) is 0.368. The van der Waals surface area contributed by atoms with E-state index in [9.17, 15) is 19.5 Å². The first-order chi connectivity index (χ1) is 14.2. The quantitative estimate of drug-likeness (QED) is 0.216. The molecule has 1 fully saturated rings. The van der Waals surface area contributed by atoms with Crippen LogP contribution in [0.2, 0.25) is 0 Å². The Labute approximate surface area is 200 Å². The lowest BCUT2D eigenvalue weighted by molar-refractivity contribution is -0.137. The third kappa shape index (κ3) is 7.36. The van der Waals surface area contributed by atoms with Gasteiger partial charge in [-0.2, -0.15) is 0 Å². The zero-order chi connectivity index (χ0) is 22.3. The van der Waals surface area contributed by atoms with Crippen molar-refractivity contribution in [2.75, 3.05) is 13.1 Å². The maximum absolute atomic E-state index is 12.7. The van der Waals surface area contributed by atoms with Crippen LogP contribution in [0.5, 0.6) is 5.75 Å². The van der Waals surface area contributed by atoms with Gasteiger partial charge in [0.25, 0.3) is 5.91 Å². The third-order valence-electron chi connectivity index (χ3n) is 4.16. The van der Waals surface area contributed by atoms with Crippen molar-refractivity contribution in [1.82, 2.24) is 10.2 Å². The molecule has 3 N–H and O–H groups in total. The van der Waals surface area contributed by atoms with E-state index in [4.69, 9.17) is 17.3 Å². The molecule has 0 aromatic heterocycles. The molecule has 0 unspecified atom stereocenters. The molecule has 1 saturated heterocycles. The number of hydrogen-bond acceptors (Lipinski definition) is 6. The minimum atomic E-state index is -0.949. The predicted octanol–water partition coefficient (Wildman–Crippen LogP) is 4.27. The van der Waals surface area contributed by atoms with Gasteiger partial charge in [-0.1, -0.05) is 46.3 Å². The summed E-state index contributed by atoms with van der Waals surface area (Å²) >= 11 is 13.1. The summed E-state index contributed by atoms with van der Waals surface area (Å²) in [6.45, 7) is 0.581. The minimum absolute atomic E-state index is 0.0464.